The number of esters is 2. The van der Waals surface area contributed by atoms with E-state index in [0.717, 1.165) is 18.4 Å². The van der Waals surface area contributed by atoms with Crippen molar-refractivity contribution in [3.63, 3.8) is 0 Å². The molecule has 0 fully saturated rings. The molecule has 3 aromatic rings. The first-order valence-electron chi connectivity index (χ1n) is 10.9. The summed E-state index contributed by atoms with van der Waals surface area (Å²) in [5.74, 6) is -3.48. The first-order chi connectivity index (χ1) is 16.8. The molecule has 0 heterocycles. The fourth-order valence-electron chi connectivity index (χ4n) is 2.88. The third kappa shape index (κ3) is 8.43. The van der Waals surface area contributed by atoms with Crippen LogP contribution in [0.15, 0.2) is 78.9 Å². The fraction of sp³-hybridized carbons (Fsp3) is 0.185. The van der Waals surface area contributed by atoms with E-state index in [4.69, 9.17) is 19.7 Å². The summed E-state index contributed by atoms with van der Waals surface area (Å²) in [5, 5.41) is 17.9. The number of benzene rings is 3. The first kappa shape index (κ1) is 26.8. The molecule has 182 valence electrons. The quantitative estimate of drug-likeness (QED) is 0.322. The normalized spacial score (nSPS) is 9.86. The van der Waals surface area contributed by atoms with Crippen LogP contribution in [-0.2, 0) is 16.1 Å². The van der Waals surface area contributed by atoms with Gasteiger partial charge in [-0.3, -0.25) is 0 Å². The van der Waals surface area contributed by atoms with Crippen LogP contribution in [0.2, 0.25) is 0 Å². The van der Waals surface area contributed by atoms with Crippen molar-refractivity contribution in [2.45, 2.75) is 26.4 Å². The van der Waals surface area contributed by atoms with E-state index >= 15 is 0 Å². The van der Waals surface area contributed by atoms with E-state index in [2.05, 4.69) is 0 Å². The van der Waals surface area contributed by atoms with Crippen LogP contribution in [-0.4, -0.2) is 40.7 Å². The molecule has 0 radical (unpaired) electrons. The van der Waals surface area contributed by atoms with Crippen molar-refractivity contribution >= 4 is 23.9 Å². The molecule has 3 rings (SSSR count). The molecular weight excluding hydrogens is 452 g/mol. The Morgan fingerprint density at radius 3 is 1.51 bits per heavy atom. The Morgan fingerprint density at radius 2 is 1.06 bits per heavy atom. The standard InChI is InChI=1S/C15H12O4.C12H14O4/c16-14(17)12-8-4-5-9-13(12)15(18)19-10-11-6-2-1-3-7-11;1-2-3-8-16-12(15)10-7-5-4-6-9(10)11(13)14/h1-9H,10H2,(H,16,17);4-7H,2-3,8H2,1H3,(H,13,14). The van der Waals surface area contributed by atoms with Crippen LogP contribution in [0.1, 0.15) is 66.8 Å². The highest BCUT2D eigenvalue weighted by Gasteiger charge is 2.17. The van der Waals surface area contributed by atoms with Gasteiger partial charge in [-0.25, -0.2) is 19.2 Å². The van der Waals surface area contributed by atoms with E-state index in [1.165, 1.54) is 24.3 Å². The molecule has 3 aromatic carbocycles. The van der Waals surface area contributed by atoms with Crippen LogP contribution in [0.5, 0.6) is 0 Å². The van der Waals surface area contributed by atoms with Gasteiger partial charge in [-0.05, 0) is 36.2 Å². The van der Waals surface area contributed by atoms with Crippen LogP contribution in [0.3, 0.4) is 0 Å². The third-order valence-electron chi connectivity index (χ3n) is 4.70. The Morgan fingerprint density at radius 1 is 0.629 bits per heavy atom. The van der Waals surface area contributed by atoms with Crippen LogP contribution in [0, 0.1) is 0 Å². The lowest BCUT2D eigenvalue weighted by Crippen LogP contribution is -2.12. The van der Waals surface area contributed by atoms with Gasteiger partial charge in [-0.15, -0.1) is 0 Å². The molecule has 8 heteroatoms. The zero-order chi connectivity index (χ0) is 25.6. The Labute approximate surface area is 202 Å². The van der Waals surface area contributed by atoms with Crippen molar-refractivity contribution in [1.82, 2.24) is 0 Å². The van der Waals surface area contributed by atoms with Gasteiger partial charge in [0.1, 0.15) is 6.61 Å². The monoisotopic (exact) mass is 478 g/mol. The number of hydrogen-bond donors (Lipinski definition) is 2. The van der Waals surface area contributed by atoms with Crippen LogP contribution < -0.4 is 0 Å². The minimum atomic E-state index is -1.15. The number of hydrogen-bond acceptors (Lipinski definition) is 6. The lowest BCUT2D eigenvalue weighted by molar-refractivity contribution is 0.0462. The van der Waals surface area contributed by atoms with E-state index < -0.39 is 23.9 Å². The number of unbranched alkanes of at least 4 members (excludes halogenated alkanes) is 1. The first-order valence-corrected chi connectivity index (χ1v) is 10.9. The van der Waals surface area contributed by atoms with Gasteiger partial charge in [-0.1, -0.05) is 67.9 Å². The van der Waals surface area contributed by atoms with Gasteiger partial charge in [0.25, 0.3) is 0 Å². The van der Waals surface area contributed by atoms with E-state index in [0.29, 0.717) is 6.61 Å². The largest absolute Gasteiger partial charge is 0.478 e. The van der Waals surface area contributed by atoms with Gasteiger partial charge in [0, 0.05) is 0 Å². The van der Waals surface area contributed by atoms with Crippen molar-refractivity contribution in [3.8, 4) is 0 Å². The average Bonchev–Trinajstić information content (AvgIpc) is 2.88. The highest BCUT2D eigenvalue weighted by Crippen LogP contribution is 2.12. The summed E-state index contributed by atoms with van der Waals surface area (Å²) in [7, 11) is 0. The second-order valence-electron chi connectivity index (χ2n) is 7.25. The van der Waals surface area contributed by atoms with E-state index in [1.54, 1.807) is 24.3 Å². The summed E-state index contributed by atoms with van der Waals surface area (Å²) >= 11 is 0. The van der Waals surface area contributed by atoms with Crippen molar-refractivity contribution in [2.75, 3.05) is 6.61 Å². The van der Waals surface area contributed by atoms with Crippen molar-refractivity contribution in [2.24, 2.45) is 0 Å². The molecule has 0 aromatic heterocycles. The maximum absolute atomic E-state index is 11.9. The molecule has 0 atom stereocenters. The lowest BCUT2D eigenvalue weighted by Gasteiger charge is -2.07. The van der Waals surface area contributed by atoms with Gasteiger partial charge >= 0.3 is 23.9 Å². The molecule has 2 N–H and O–H groups in total. The Bertz CT molecular complexity index is 1150. The molecule has 0 aliphatic heterocycles. The highest BCUT2D eigenvalue weighted by molar-refractivity contribution is 6.03. The Balaban J connectivity index is 0.000000251. The number of carboxylic acids is 2. The van der Waals surface area contributed by atoms with Crippen LogP contribution >= 0.6 is 0 Å². The number of carbonyl (C=O) groups excluding carboxylic acids is 2. The number of ether oxygens (including phenoxy) is 2. The topological polar surface area (TPSA) is 127 Å². The fourth-order valence-corrected chi connectivity index (χ4v) is 2.88. The van der Waals surface area contributed by atoms with Gasteiger partial charge in [0.05, 0.1) is 28.9 Å². The molecule has 0 saturated heterocycles. The van der Waals surface area contributed by atoms with Gasteiger partial charge in [0.2, 0.25) is 0 Å². The SMILES string of the molecule is CCCCOC(=O)c1ccccc1C(=O)O.O=C(O)c1ccccc1C(=O)OCc1ccccc1. The van der Waals surface area contributed by atoms with E-state index in [9.17, 15) is 19.2 Å². The maximum Gasteiger partial charge on any atom is 0.339 e. The summed E-state index contributed by atoms with van der Waals surface area (Å²) in [4.78, 5) is 45.3. The molecule has 35 heavy (non-hydrogen) atoms. The summed E-state index contributed by atoms with van der Waals surface area (Å²) < 4.78 is 10.1. The van der Waals surface area contributed by atoms with Crippen molar-refractivity contribution in [3.05, 3.63) is 107 Å². The molecule has 0 aliphatic rings. The highest BCUT2D eigenvalue weighted by atomic mass is 16.5. The summed E-state index contributed by atoms with van der Waals surface area (Å²) in [6.45, 7) is 2.43. The molecule has 0 aliphatic carbocycles. The second kappa shape index (κ2) is 13.9. The minimum absolute atomic E-state index is 0.0241. The number of rotatable bonds is 9. The summed E-state index contributed by atoms with van der Waals surface area (Å²) in [6, 6.07) is 21.2. The average molecular weight is 478 g/mol. The van der Waals surface area contributed by atoms with Gasteiger partial charge in [-0.2, -0.15) is 0 Å². The smallest absolute Gasteiger partial charge is 0.339 e. The molecule has 0 bridgehead atoms. The van der Waals surface area contributed by atoms with E-state index in [-0.39, 0.29) is 28.9 Å². The number of carbonyl (C=O) groups is 4. The molecule has 8 nitrogen and oxygen atoms in total. The van der Waals surface area contributed by atoms with Crippen molar-refractivity contribution < 1.29 is 38.9 Å². The molecule has 0 unspecified atom stereocenters. The zero-order valence-electron chi connectivity index (χ0n) is 19.2. The minimum Gasteiger partial charge on any atom is -0.478 e. The lowest BCUT2D eigenvalue weighted by atomic mass is 10.1. The molecule has 0 amide bonds. The summed E-state index contributed by atoms with van der Waals surface area (Å²) in [5.41, 5.74) is 0.935. The number of aromatic carboxylic acids is 2. The predicted octanol–water partition coefficient (Wildman–Crippen LogP) is 5.08. The molecule has 0 saturated carbocycles. The maximum atomic E-state index is 11.9. The van der Waals surface area contributed by atoms with Gasteiger partial charge in [0.15, 0.2) is 0 Å². The number of carboxylic acid groups (broad SMARTS) is 2. The van der Waals surface area contributed by atoms with Gasteiger partial charge < -0.3 is 19.7 Å². The Hall–Kier alpha value is -4.46. The van der Waals surface area contributed by atoms with Crippen LogP contribution in [0.25, 0.3) is 0 Å². The third-order valence-corrected chi connectivity index (χ3v) is 4.70. The van der Waals surface area contributed by atoms with E-state index in [1.807, 2.05) is 37.3 Å². The van der Waals surface area contributed by atoms with Crippen molar-refractivity contribution in [1.29, 1.82) is 0 Å². The Kier molecular flexibility index (Phi) is 10.7. The van der Waals surface area contributed by atoms with Crippen LogP contribution in [0.4, 0.5) is 0 Å². The molecular formula is C27H26O8. The predicted molar refractivity (Wildman–Crippen MR) is 128 cm³/mol. The summed E-state index contributed by atoms with van der Waals surface area (Å²) in [6.07, 6.45) is 1.70. The molecule has 0 spiro atoms. The second-order valence-corrected chi connectivity index (χ2v) is 7.25. The zero-order valence-corrected chi connectivity index (χ0v) is 19.2.